The van der Waals surface area contributed by atoms with Gasteiger partial charge in [-0.15, -0.1) is 11.3 Å². The quantitative estimate of drug-likeness (QED) is 0.848. The average Bonchev–Trinajstić information content (AvgIpc) is 2.97. The Morgan fingerprint density at radius 1 is 1.59 bits per heavy atom. The number of thiazole rings is 1. The molecule has 0 aliphatic heterocycles. The maximum Gasteiger partial charge on any atom is 0.257 e. The van der Waals surface area contributed by atoms with E-state index in [-0.39, 0.29) is 10.9 Å². The Morgan fingerprint density at radius 3 is 3.00 bits per heavy atom. The van der Waals surface area contributed by atoms with Crippen LogP contribution in [0.25, 0.3) is 0 Å². The third-order valence-corrected chi connectivity index (χ3v) is 4.57. The molecule has 1 unspecified atom stereocenters. The van der Waals surface area contributed by atoms with E-state index >= 15 is 0 Å². The average molecular weight is 272 g/mol. The lowest BCUT2D eigenvalue weighted by molar-refractivity contribution is 0.571. The first kappa shape index (κ1) is 12.2. The molecule has 17 heavy (non-hydrogen) atoms. The van der Waals surface area contributed by atoms with E-state index in [1.165, 1.54) is 23.9 Å². The third kappa shape index (κ3) is 2.90. The first-order chi connectivity index (χ1) is 8.09. The minimum atomic E-state index is -3.49. The van der Waals surface area contributed by atoms with Crippen LogP contribution in [0.5, 0.6) is 0 Å². The van der Waals surface area contributed by atoms with Gasteiger partial charge in [-0.05, 0) is 0 Å². The molecule has 0 spiro atoms. The van der Waals surface area contributed by atoms with E-state index in [4.69, 9.17) is 0 Å². The first-order valence-electron chi connectivity index (χ1n) is 4.97. The lowest BCUT2D eigenvalue weighted by Crippen LogP contribution is -2.27. The fourth-order valence-corrected chi connectivity index (χ4v) is 3.00. The van der Waals surface area contributed by atoms with Crippen molar-refractivity contribution >= 4 is 21.4 Å². The van der Waals surface area contributed by atoms with Crippen molar-refractivity contribution < 1.29 is 8.42 Å². The molecule has 0 saturated heterocycles. The molecule has 0 amide bonds. The van der Waals surface area contributed by atoms with Crippen molar-refractivity contribution in [2.24, 2.45) is 0 Å². The van der Waals surface area contributed by atoms with Gasteiger partial charge in [0.15, 0.2) is 5.03 Å². The van der Waals surface area contributed by atoms with Crippen molar-refractivity contribution in [2.75, 3.05) is 6.54 Å². The first-order valence-corrected chi connectivity index (χ1v) is 7.33. The highest BCUT2D eigenvalue weighted by atomic mass is 32.2. The molecule has 2 aromatic rings. The summed E-state index contributed by atoms with van der Waals surface area (Å²) in [5.74, 6) is 0.0488. The standard InChI is InChI=1S/C9H12N4O2S2/c1-7(9-11-2-3-16-9)4-13-17(14,15)8-5-10-6-12-8/h2-3,5-7,13H,4H2,1H3,(H,10,12). The Hall–Kier alpha value is -1.25. The van der Waals surface area contributed by atoms with Crippen LogP contribution >= 0.6 is 11.3 Å². The van der Waals surface area contributed by atoms with Gasteiger partial charge in [0.1, 0.15) is 0 Å². The zero-order valence-corrected chi connectivity index (χ0v) is 10.8. The summed E-state index contributed by atoms with van der Waals surface area (Å²) in [6.07, 6.45) is 4.31. The molecule has 92 valence electrons. The zero-order chi connectivity index (χ0) is 12.3. The molecular weight excluding hydrogens is 260 g/mol. The molecule has 0 aliphatic rings. The van der Waals surface area contributed by atoms with Crippen molar-refractivity contribution in [2.45, 2.75) is 17.9 Å². The number of aromatic nitrogens is 3. The van der Waals surface area contributed by atoms with Gasteiger partial charge in [0, 0.05) is 24.0 Å². The van der Waals surface area contributed by atoms with Gasteiger partial charge in [-0.3, -0.25) is 0 Å². The SMILES string of the molecule is CC(CNS(=O)(=O)c1cnc[nH]1)c1nccs1. The predicted molar refractivity (Wildman–Crippen MR) is 64.3 cm³/mol. The van der Waals surface area contributed by atoms with E-state index in [0.717, 1.165) is 5.01 Å². The van der Waals surface area contributed by atoms with E-state index in [1.807, 2.05) is 12.3 Å². The third-order valence-electron chi connectivity index (χ3n) is 2.22. The summed E-state index contributed by atoms with van der Waals surface area (Å²) < 4.78 is 26.1. The Labute approximate surface area is 103 Å². The van der Waals surface area contributed by atoms with E-state index < -0.39 is 10.0 Å². The zero-order valence-electron chi connectivity index (χ0n) is 9.12. The van der Waals surface area contributed by atoms with Crippen LogP contribution in [0.4, 0.5) is 0 Å². The van der Waals surface area contributed by atoms with E-state index in [9.17, 15) is 8.42 Å². The number of aromatic amines is 1. The number of hydrogen-bond acceptors (Lipinski definition) is 5. The summed E-state index contributed by atoms with van der Waals surface area (Å²) in [6.45, 7) is 2.24. The highest BCUT2D eigenvalue weighted by Crippen LogP contribution is 2.17. The molecule has 0 saturated carbocycles. The van der Waals surface area contributed by atoms with Crippen molar-refractivity contribution in [3.63, 3.8) is 0 Å². The summed E-state index contributed by atoms with van der Waals surface area (Å²) >= 11 is 1.51. The second-order valence-electron chi connectivity index (χ2n) is 3.54. The molecule has 2 N–H and O–H groups in total. The fourth-order valence-electron chi connectivity index (χ4n) is 1.27. The Bertz CT molecular complexity index is 548. The monoisotopic (exact) mass is 272 g/mol. The van der Waals surface area contributed by atoms with Crippen molar-refractivity contribution in [1.82, 2.24) is 19.7 Å². The number of nitrogens with one attached hydrogen (secondary N) is 2. The van der Waals surface area contributed by atoms with Gasteiger partial charge in [0.2, 0.25) is 0 Å². The predicted octanol–water partition coefficient (Wildman–Crippen LogP) is 0.948. The second-order valence-corrected chi connectivity index (χ2v) is 6.20. The fraction of sp³-hybridized carbons (Fsp3) is 0.333. The lowest BCUT2D eigenvalue weighted by atomic mass is 10.2. The molecule has 0 bridgehead atoms. The molecule has 2 aromatic heterocycles. The van der Waals surface area contributed by atoms with Gasteiger partial charge in [-0.1, -0.05) is 6.92 Å². The number of rotatable bonds is 5. The normalized spacial score (nSPS) is 13.7. The maximum atomic E-state index is 11.8. The summed E-state index contributed by atoms with van der Waals surface area (Å²) in [7, 11) is -3.49. The molecule has 1 atom stereocenters. The largest absolute Gasteiger partial charge is 0.335 e. The van der Waals surface area contributed by atoms with Crippen LogP contribution in [-0.2, 0) is 10.0 Å². The highest BCUT2D eigenvalue weighted by molar-refractivity contribution is 7.89. The van der Waals surface area contributed by atoms with Crippen LogP contribution in [0.15, 0.2) is 29.1 Å². The Morgan fingerprint density at radius 2 is 2.41 bits per heavy atom. The lowest BCUT2D eigenvalue weighted by Gasteiger charge is -2.09. The molecule has 2 rings (SSSR count). The number of H-pyrrole nitrogens is 1. The molecule has 8 heteroatoms. The van der Waals surface area contributed by atoms with Crippen molar-refractivity contribution in [3.8, 4) is 0 Å². The smallest absolute Gasteiger partial charge is 0.257 e. The minimum absolute atomic E-state index is 0.0488. The van der Waals surface area contributed by atoms with Crippen LogP contribution in [0.1, 0.15) is 17.8 Å². The number of imidazole rings is 1. The molecule has 6 nitrogen and oxygen atoms in total. The molecule has 0 aromatic carbocycles. The van der Waals surface area contributed by atoms with Gasteiger partial charge in [-0.25, -0.2) is 23.1 Å². The molecule has 0 fully saturated rings. The van der Waals surface area contributed by atoms with Gasteiger partial charge in [-0.2, -0.15) is 0 Å². The summed E-state index contributed by atoms with van der Waals surface area (Å²) in [5.41, 5.74) is 0. The van der Waals surface area contributed by atoms with Gasteiger partial charge in [0.05, 0.1) is 17.5 Å². The van der Waals surface area contributed by atoms with Crippen LogP contribution < -0.4 is 4.72 Å². The van der Waals surface area contributed by atoms with Gasteiger partial charge >= 0.3 is 0 Å². The summed E-state index contributed by atoms with van der Waals surface area (Å²) in [5, 5.41) is 2.86. The van der Waals surface area contributed by atoms with Crippen LogP contribution in [0, 0.1) is 0 Å². The summed E-state index contributed by atoms with van der Waals surface area (Å²) in [6, 6.07) is 0. The van der Waals surface area contributed by atoms with Crippen LogP contribution in [0.2, 0.25) is 0 Å². The molecular formula is C9H12N4O2S2. The highest BCUT2D eigenvalue weighted by Gasteiger charge is 2.17. The minimum Gasteiger partial charge on any atom is -0.335 e. The molecule has 0 radical (unpaired) electrons. The van der Waals surface area contributed by atoms with E-state index in [2.05, 4.69) is 19.7 Å². The van der Waals surface area contributed by atoms with E-state index in [1.54, 1.807) is 6.20 Å². The number of hydrogen-bond donors (Lipinski definition) is 2. The number of sulfonamides is 1. The number of nitrogens with zero attached hydrogens (tertiary/aromatic N) is 2. The maximum absolute atomic E-state index is 11.8. The van der Waals surface area contributed by atoms with E-state index in [0.29, 0.717) is 6.54 Å². The van der Waals surface area contributed by atoms with Crippen LogP contribution in [0.3, 0.4) is 0 Å². The summed E-state index contributed by atoms with van der Waals surface area (Å²) in [4.78, 5) is 10.4. The second kappa shape index (κ2) is 4.94. The Balaban J connectivity index is 1.99. The van der Waals surface area contributed by atoms with Crippen LogP contribution in [-0.4, -0.2) is 29.9 Å². The van der Waals surface area contributed by atoms with Crippen molar-refractivity contribution in [1.29, 1.82) is 0 Å². The molecule has 2 heterocycles. The topological polar surface area (TPSA) is 87.7 Å². The van der Waals surface area contributed by atoms with Gasteiger partial charge < -0.3 is 4.98 Å². The molecule has 0 aliphatic carbocycles. The Kier molecular flexibility index (Phi) is 3.55. The van der Waals surface area contributed by atoms with Gasteiger partial charge in [0.25, 0.3) is 10.0 Å². The van der Waals surface area contributed by atoms with Crippen molar-refractivity contribution in [3.05, 3.63) is 29.1 Å².